The van der Waals surface area contributed by atoms with Gasteiger partial charge in [-0.1, -0.05) is 13.8 Å². The highest BCUT2D eigenvalue weighted by molar-refractivity contribution is 5.89. The van der Waals surface area contributed by atoms with Crippen LogP contribution in [0, 0.1) is 5.92 Å². The summed E-state index contributed by atoms with van der Waals surface area (Å²) in [5, 5.41) is 5.68. The average Bonchev–Trinajstić information content (AvgIpc) is 2.27. The van der Waals surface area contributed by atoms with E-state index in [0.717, 1.165) is 18.5 Å². The molecule has 17 heavy (non-hydrogen) atoms. The van der Waals surface area contributed by atoms with Crippen molar-refractivity contribution < 1.29 is 4.79 Å². The molecule has 0 fully saturated rings. The monoisotopic (exact) mass is 235 g/mol. The summed E-state index contributed by atoms with van der Waals surface area (Å²) in [5.74, 6) is 0.669. The predicted octanol–water partition coefficient (Wildman–Crippen LogP) is 3.03. The van der Waals surface area contributed by atoms with Crippen molar-refractivity contribution in [1.29, 1.82) is 0 Å². The van der Waals surface area contributed by atoms with E-state index in [2.05, 4.69) is 29.5 Å². The lowest BCUT2D eigenvalue weighted by Gasteiger charge is -2.15. The van der Waals surface area contributed by atoms with Gasteiger partial charge in [-0.15, -0.1) is 0 Å². The van der Waals surface area contributed by atoms with Gasteiger partial charge in [0.15, 0.2) is 0 Å². The molecule has 94 valence electrons. The van der Waals surface area contributed by atoms with Gasteiger partial charge >= 0.3 is 6.03 Å². The van der Waals surface area contributed by atoms with Crippen molar-refractivity contribution in [3.8, 4) is 0 Å². The van der Waals surface area contributed by atoms with Gasteiger partial charge in [0.1, 0.15) is 0 Å². The normalized spacial score (nSPS) is 12.2. The summed E-state index contributed by atoms with van der Waals surface area (Å²) in [7, 11) is 0. The van der Waals surface area contributed by atoms with Crippen LogP contribution in [-0.2, 0) is 0 Å². The first-order valence-electron chi connectivity index (χ1n) is 6.05. The maximum absolute atomic E-state index is 11.6. The molecule has 2 N–H and O–H groups in total. The van der Waals surface area contributed by atoms with E-state index >= 15 is 0 Å². The molecule has 0 saturated heterocycles. The fourth-order valence-corrected chi connectivity index (χ4v) is 1.48. The average molecular weight is 235 g/mol. The van der Waals surface area contributed by atoms with Crippen LogP contribution in [0.2, 0.25) is 0 Å². The largest absolute Gasteiger partial charge is 0.335 e. The van der Waals surface area contributed by atoms with E-state index in [1.807, 2.05) is 6.92 Å². The topological polar surface area (TPSA) is 54.0 Å². The number of nitrogens with one attached hydrogen (secondary N) is 2. The fraction of sp³-hybridized carbons (Fsp3) is 0.538. The molecule has 0 unspecified atom stereocenters. The molecular formula is C13H21N3O. The number of anilines is 1. The smallest absolute Gasteiger partial charge is 0.319 e. The molecule has 0 bridgehead atoms. The predicted molar refractivity (Wildman–Crippen MR) is 69.9 cm³/mol. The molecule has 1 aromatic rings. The van der Waals surface area contributed by atoms with E-state index in [0.29, 0.717) is 5.92 Å². The third kappa shape index (κ3) is 5.90. The lowest BCUT2D eigenvalue weighted by atomic mass is 10.0. The van der Waals surface area contributed by atoms with Gasteiger partial charge in [-0.3, -0.25) is 4.98 Å². The highest BCUT2D eigenvalue weighted by atomic mass is 16.2. The number of carbonyl (C=O) groups excluding carboxylic acids is 1. The molecule has 0 radical (unpaired) electrons. The third-order valence-corrected chi connectivity index (χ3v) is 2.49. The van der Waals surface area contributed by atoms with Gasteiger partial charge in [-0.2, -0.15) is 0 Å². The molecule has 1 atom stereocenters. The second kappa shape index (κ2) is 6.89. The second-order valence-corrected chi connectivity index (χ2v) is 4.71. The minimum Gasteiger partial charge on any atom is -0.335 e. The zero-order valence-corrected chi connectivity index (χ0v) is 10.7. The Morgan fingerprint density at radius 3 is 2.47 bits per heavy atom. The van der Waals surface area contributed by atoms with Gasteiger partial charge in [0.2, 0.25) is 0 Å². The number of aromatic nitrogens is 1. The van der Waals surface area contributed by atoms with Gasteiger partial charge in [0.05, 0.1) is 0 Å². The molecule has 4 nitrogen and oxygen atoms in total. The molecule has 1 aromatic heterocycles. The van der Waals surface area contributed by atoms with Crippen LogP contribution in [0.4, 0.5) is 10.5 Å². The van der Waals surface area contributed by atoms with Crippen LogP contribution in [0.3, 0.4) is 0 Å². The Morgan fingerprint density at radius 2 is 1.88 bits per heavy atom. The SMILES string of the molecule is CC(C)CC[C@H](C)NC(=O)Nc1ccncc1. The second-order valence-electron chi connectivity index (χ2n) is 4.71. The van der Waals surface area contributed by atoms with Gasteiger partial charge in [-0.25, -0.2) is 4.79 Å². The van der Waals surface area contributed by atoms with Crippen molar-refractivity contribution in [2.45, 2.75) is 39.7 Å². The minimum absolute atomic E-state index is 0.160. The lowest BCUT2D eigenvalue weighted by Crippen LogP contribution is -2.36. The Balaban J connectivity index is 2.29. The molecule has 0 aliphatic rings. The Kier molecular flexibility index (Phi) is 5.46. The molecule has 2 amide bonds. The van der Waals surface area contributed by atoms with Crippen LogP contribution >= 0.6 is 0 Å². The number of pyridine rings is 1. The summed E-state index contributed by atoms with van der Waals surface area (Å²) in [6, 6.07) is 3.56. The van der Waals surface area contributed by atoms with Crippen molar-refractivity contribution in [1.82, 2.24) is 10.3 Å². The van der Waals surface area contributed by atoms with Gasteiger partial charge < -0.3 is 10.6 Å². The van der Waals surface area contributed by atoms with E-state index in [-0.39, 0.29) is 12.1 Å². The van der Waals surface area contributed by atoms with E-state index in [1.54, 1.807) is 24.5 Å². The van der Waals surface area contributed by atoms with E-state index in [4.69, 9.17) is 0 Å². The minimum atomic E-state index is -0.160. The van der Waals surface area contributed by atoms with Crippen LogP contribution in [0.15, 0.2) is 24.5 Å². The van der Waals surface area contributed by atoms with Crippen LogP contribution in [0.1, 0.15) is 33.6 Å². The zero-order valence-electron chi connectivity index (χ0n) is 10.7. The molecule has 0 aliphatic carbocycles. The zero-order chi connectivity index (χ0) is 12.7. The molecule has 0 aromatic carbocycles. The van der Waals surface area contributed by atoms with Crippen LogP contribution in [-0.4, -0.2) is 17.1 Å². The van der Waals surface area contributed by atoms with E-state index in [9.17, 15) is 4.79 Å². The fourth-order valence-electron chi connectivity index (χ4n) is 1.48. The summed E-state index contributed by atoms with van der Waals surface area (Å²) in [6.45, 7) is 6.39. The van der Waals surface area contributed by atoms with Crippen LogP contribution in [0.5, 0.6) is 0 Å². The summed E-state index contributed by atoms with van der Waals surface area (Å²) in [4.78, 5) is 15.5. The lowest BCUT2D eigenvalue weighted by molar-refractivity contribution is 0.248. The quantitative estimate of drug-likeness (QED) is 0.824. The molecule has 0 aliphatic heterocycles. The Hall–Kier alpha value is -1.58. The standard InChI is InChI=1S/C13H21N3O/c1-10(2)4-5-11(3)15-13(17)16-12-6-8-14-9-7-12/h6-11H,4-5H2,1-3H3,(H2,14,15,16,17)/t11-/m0/s1. The first-order chi connectivity index (χ1) is 8.08. The van der Waals surface area contributed by atoms with E-state index < -0.39 is 0 Å². The molecule has 1 rings (SSSR count). The van der Waals surface area contributed by atoms with Crippen molar-refractivity contribution in [3.63, 3.8) is 0 Å². The third-order valence-electron chi connectivity index (χ3n) is 2.49. The Labute approximate surface area is 103 Å². The number of hydrogen-bond donors (Lipinski definition) is 2. The van der Waals surface area contributed by atoms with Crippen molar-refractivity contribution in [2.24, 2.45) is 5.92 Å². The summed E-state index contributed by atoms with van der Waals surface area (Å²) < 4.78 is 0. The van der Waals surface area contributed by atoms with Gasteiger partial charge in [-0.05, 0) is 37.8 Å². The number of rotatable bonds is 5. The van der Waals surface area contributed by atoms with E-state index in [1.165, 1.54) is 0 Å². The number of amides is 2. The molecule has 0 spiro atoms. The summed E-state index contributed by atoms with van der Waals surface area (Å²) in [5.41, 5.74) is 0.758. The summed E-state index contributed by atoms with van der Waals surface area (Å²) in [6.07, 6.45) is 5.42. The number of carbonyl (C=O) groups is 1. The molecule has 1 heterocycles. The van der Waals surface area contributed by atoms with Gasteiger partial charge in [0, 0.05) is 24.1 Å². The van der Waals surface area contributed by atoms with Crippen molar-refractivity contribution in [2.75, 3.05) is 5.32 Å². The highest BCUT2D eigenvalue weighted by Crippen LogP contribution is 2.07. The number of hydrogen-bond acceptors (Lipinski definition) is 2. The first kappa shape index (κ1) is 13.5. The van der Waals surface area contributed by atoms with Crippen LogP contribution in [0.25, 0.3) is 0 Å². The molecule has 0 saturated carbocycles. The number of nitrogens with zero attached hydrogens (tertiary/aromatic N) is 1. The Morgan fingerprint density at radius 1 is 1.24 bits per heavy atom. The summed E-state index contributed by atoms with van der Waals surface area (Å²) >= 11 is 0. The highest BCUT2D eigenvalue weighted by Gasteiger charge is 2.07. The van der Waals surface area contributed by atoms with Crippen molar-refractivity contribution in [3.05, 3.63) is 24.5 Å². The maximum atomic E-state index is 11.6. The molecule has 4 heteroatoms. The first-order valence-corrected chi connectivity index (χ1v) is 6.05. The maximum Gasteiger partial charge on any atom is 0.319 e. The molecular weight excluding hydrogens is 214 g/mol. The van der Waals surface area contributed by atoms with Crippen LogP contribution < -0.4 is 10.6 Å². The van der Waals surface area contributed by atoms with Gasteiger partial charge in [0.25, 0.3) is 0 Å². The van der Waals surface area contributed by atoms with Crippen molar-refractivity contribution >= 4 is 11.7 Å². The Bertz CT molecular complexity index is 338. The number of urea groups is 1.